The molecule has 0 fully saturated rings. The molecule has 0 aliphatic rings. The summed E-state index contributed by atoms with van der Waals surface area (Å²) in [5.41, 5.74) is 8.31. The summed E-state index contributed by atoms with van der Waals surface area (Å²) in [7, 11) is 1.90. The van der Waals surface area contributed by atoms with Crippen molar-refractivity contribution in [3.05, 3.63) is 58.9 Å². The Bertz CT molecular complexity index is 540. The van der Waals surface area contributed by atoms with Crippen molar-refractivity contribution < 1.29 is 4.39 Å². The molecule has 0 unspecified atom stereocenters. The number of rotatable bonds is 3. The molecule has 0 saturated carbocycles. The number of nitrogens with zero attached hydrogens (tertiary/aromatic N) is 1. The van der Waals surface area contributed by atoms with Crippen LogP contribution in [0.4, 0.5) is 15.8 Å². The molecule has 2 rings (SSSR count). The zero-order chi connectivity index (χ0) is 13.1. The van der Waals surface area contributed by atoms with Gasteiger partial charge in [-0.3, -0.25) is 0 Å². The fourth-order valence-corrected chi connectivity index (χ4v) is 1.98. The molecule has 0 aliphatic carbocycles. The van der Waals surface area contributed by atoms with Crippen LogP contribution in [0.5, 0.6) is 0 Å². The smallest absolute Gasteiger partial charge is 0.123 e. The third-order valence-corrected chi connectivity index (χ3v) is 3.21. The average molecular weight is 265 g/mol. The highest BCUT2D eigenvalue weighted by Crippen LogP contribution is 2.28. The van der Waals surface area contributed by atoms with Gasteiger partial charge in [-0.2, -0.15) is 0 Å². The first kappa shape index (κ1) is 12.9. The minimum Gasteiger partial charge on any atom is -0.345 e. The Kier molecular flexibility index (Phi) is 3.84. The summed E-state index contributed by atoms with van der Waals surface area (Å²) in [5, 5.41) is 0.643. The summed E-state index contributed by atoms with van der Waals surface area (Å²) in [6.45, 7) is 0.416. The van der Waals surface area contributed by atoms with E-state index < -0.39 is 0 Å². The second-order valence-corrected chi connectivity index (χ2v) is 4.42. The number of hydrogen-bond donors (Lipinski definition) is 1. The second kappa shape index (κ2) is 5.38. The van der Waals surface area contributed by atoms with E-state index in [1.807, 2.05) is 30.1 Å². The Labute approximate surface area is 111 Å². The minimum atomic E-state index is -0.247. The van der Waals surface area contributed by atoms with Crippen LogP contribution < -0.4 is 10.6 Å². The molecule has 2 nitrogen and oxygen atoms in total. The average Bonchev–Trinajstić information content (AvgIpc) is 2.38. The highest BCUT2D eigenvalue weighted by Gasteiger charge is 2.06. The van der Waals surface area contributed by atoms with Crippen molar-refractivity contribution in [3.63, 3.8) is 0 Å². The minimum absolute atomic E-state index is 0.247. The molecule has 0 heterocycles. The first-order valence-electron chi connectivity index (χ1n) is 5.59. The molecule has 2 aromatic rings. The molecule has 0 atom stereocenters. The van der Waals surface area contributed by atoms with Crippen LogP contribution in [0.1, 0.15) is 5.56 Å². The molecule has 0 saturated heterocycles. The number of halogens is 2. The summed E-state index contributed by atoms with van der Waals surface area (Å²) >= 11 is 6.12. The predicted octanol–water partition coefficient (Wildman–Crippen LogP) is 3.71. The van der Waals surface area contributed by atoms with Gasteiger partial charge < -0.3 is 10.6 Å². The SMILES string of the molecule is CN(c1ccc(F)cc1)c1ccc(CN)c(Cl)c1. The molecule has 0 amide bonds. The summed E-state index contributed by atoms with van der Waals surface area (Å²) in [4.78, 5) is 1.94. The summed E-state index contributed by atoms with van der Waals surface area (Å²) in [5.74, 6) is -0.247. The van der Waals surface area contributed by atoms with Gasteiger partial charge in [0.1, 0.15) is 5.82 Å². The van der Waals surface area contributed by atoms with Crippen LogP contribution in [0.3, 0.4) is 0 Å². The zero-order valence-electron chi connectivity index (χ0n) is 10.0. The van der Waals surface area contributed by atoms with E-state index in [9.17, 15) is 4.39 Å². The van der Waals surface area contributed by atoms with Gasteiger partial charge in [-0.05, 0) is 42.0 Å². The first-order valence-corrected chi connectivity index (χ1v) is 5.97. The van der Waals surface area contributed by atoms with E-state index in [-0.39, 0.29) is 5.82 Å². The monoisotopic (exact) mass is 264 g/mol. The topological polar surface area (TPSA) is 29.3 Å². The maximum atomic E-state index is 12.9. The van der Waals surface area contributed by atoms with E-state index in [0.717, 1.165) is 16.9 Å². The van der Waals surface area contributed by atoms with Gasteiger partial charge in [-0.1, -0.05) is 17.7 Å². The Morgan fingerprint density at radius 2 is 1.72 bits per heavy atom. The molecule has 0 aliphatic heterocycles. The van der Waals surface area contributed by atoms with Crippen LogP contribution in [0.15, 0.2) is 42.5 Å². The van der Waals surface area contributed by atoms with Crippen LogP contribution in [0.2, 0.25) is 5.02 Å². The highest BCUT2D eigenvalue weighted by molar-refractivity contribution is 6.31. The third-order valence-electron chi connectivity index (χ3n) is 2.86. The normalized spacial score (nSPS) is 10.4. The Balaban J connectivity index is 2.31. The number of benzene rings is 2. The molecule has 94 valence electrons. The van der Waals surface area contributed by atoms with Crippen LogP contribution in [-0.4, -0.2) is 7.05 Å². The fourth-order valence-electron chi connectivity index (χ4n) is 1.72. The van der Waals surface area contributed by atoms with Crippen molar-refractivity contribution in [1.82, 2.24) is 0 Å². The fraction of sp³-hybridized carbons (Fsp3) is 0.143. The quantitative estimate of drug-likeness (QED) is 0.916. The van der Waals surface area contributed by atoms with Gasteiger partial charge in [-0.15, -0.1) is 0 Å². The molecule has 0 radical (unpaired) electrons. The molecule has 0 aromatic heterocycles. The summed E-state index contributed by atoms with van der Waals surface area (Å²) in [6, 6.07) is 12.0. The predicted molar refractivity (Wildman–Crippen MR) is 73.8 cm³/mol. The second-order valence-electron chi connectivity index (χ2n) is 4.02. The molecule has 18 heavy (non-hydrogen) atoms. The van der Waals surface area contributed by atoms with Gasteiger partial charge in [0.25, 0.3) is 0 Å². The van der Waals surface area contributed by atoms with E-state index in [4.69, 9.17) is 17.3 Å². The maximum Gasteiger partial charge on any atom is 0.123 e. The van der Waals surface area contributed by atoms with E-state index >= 15 is 0 Å². The van der Waals surface area contributed by atoms with Gasteiger partial charge in [0, 0.05) is 30.0 Å². The van der Waals surface area contributed by atoms with E-state index in [2.05, 4.69) is 0 Å². The molecular formula is C14H14ClFN2. The standard InChI is InChI=1S/C14H14ClFN2/c1-18(12-6-3-11(16)4-7-12)13-5-2-10(9-17)14(15)8-13/h2-8H,9,17H2,1H3. The molecule has 2 N–H and O–H groups in total. The van der Waals surface area contributed by atoms with Gasteiger partial charge >= 0.3 is 0 Å². The van der Waals surface area contributed by atoms with Crippen LogP contribution in [-0.2, 0) is 6.54 Å². The van der Waals surface area contributed by atoms with Crippen molar-refractivity contribution in [3.8, 4) is 0 Å². The third kappa shape index (κ3) is 2.63. The van der Waals surface area contributed by atoms with Crippen molar-refractivity contribution in [2.24, 2.45) is 5.73 Å². The molecule has 2 aromatic carbocycles. The molecular weight excluding hydrogens is 251 g/mol. The van der Waals surface area contributed by atoms with Gasteiger partial charge in [0.15, 0.2) is 0 Å². The number of anilines is 2. The summed E-state index contributed by atoms with van der Waals surface area (Å²) in [6.07, 6.45) is 0. The lowest BCUT2D eigenvalue weighted by Gasteiger charge is -2.20. The van der Waals surface area contributed by atoms with Gasteiger partial charge in [0.05, 0.1) is 0 Å². The lowest BCUT2D eigenvalue weighted by Crippen LogP contribution is -2.09. The van der Waals surface area contributed by atoms with Crippen molar-refractivity contribution in [2.75, 3.05) is 11.9 Å². The van der Waals surface area contributed by atoms with Gasteiger partial charge in [-0.25, -0.2) is 4.39 Å². The van der Waals surface area contributed by atoms with E-state index in [1.165, 1.54) is 12.1 Å². The van der Waals surface area contributed by atoms with Crippen LogP contribution >= 0.6 is 11.6 Å². The molecule has 4 heteroatoms. The zero-order valence-corrected chi connectivity index (χ0v) is 10.8. The Morgan fingerprint density at radius 3 is 2.28 bits per heavy atom. The number of hydrogen-bond acceptors (Lipinski definition) is 2. The molecule has 0 spiro atoms. The van der Waals surface area contributed by atoms with Crippen molar-refractivity contribution in [1.29, 1.82) is 0 Å². The highest BCUT2D eigenvalue weighted by atomic mass is 35.5. The lowest BCUT2D eigenvalue weighted by atomic mass is 10.2. The Morgan fingerprint density at radius 1 is 1.11 bits per heavy atom. The van der Waals surface area contributed by atoms with Crippen LogP contribution in [0.25, 0.3) is 0 Å². The lowest BCUT2D eigenvalue weighted by molar-refractivity contribution is 0.628. The first-order chi connectivity index (χ1) is 8.61. The van der Waals surface area contributed by atoms with Crippen molar-refractivity contribution in [2.45, 2.75) is 6.54 Å². The summed E-state index contributed by atoms with van der Waals surface area (Å²) < 4.78 is 12.9. The van der Waals surface area contributed by atoms with Gasteiger partial charge in [0.2, 0.25) is 0 Å². The number of nitrogens with two attached hydrogens (primary N) is 1. The van der Waals surface area contributed by atoms with Crippen LogP contribution in [0, 0.1) is 5.82 Å². The largest absolute Gasteiger partial charge is 0.345 e. The Hall–Kier alpha value is -1.58. The van der Waals surface area contributed by atoms with E-state index in [1.54, 1.807) is 12.1 Å². The van der Waals surface area contributed by atoms with Crippen molar-refractivity contribution >= 4 is 23.0 Å². The maximum absolute atomic E-state index is 12.9. The molecule has 0 bridgehead atoms. The van der Waals surface area contributed by atoms with E-state index in [0.29, 0.717) is 11.6 Å².